The summed E-state index contributed by atoms with van der Waals surface area (Å²) in [5, 5.41) is 6.97. The first-order valence-electron chi connectivity index (χ1n) is 4.77. The molecule has 1 rings (SSSR count). The van der Waals surface area contributed by atoms with Gasteiger partial charge in [0.25, 0.3) is 0 Å². The summed E-state index contributed by atoms with van der Waals surface area (Å²) in [5.41, 5.74) is 0. The van der Waals surface area contributed by atoms with Crippen molar-refractivity contribution in [1.29, 1.82) is 0 Å². The molecule has 0 saturated carbocycles. The van der Waals surface area contributed by atoms with Crippen molar-refractivity contribution >= 4 is 0 Å². The van der Waals surface area contributed by atoms with Crippen LogP contribution in [0.3, 0.4) is 0 Å². The van der Waals surface area contributed by atoms with Gasteiger partial charge in [0.1, 0.15) is 6.61 Å². The second-order valence-electron chi connectivity index (χ2n) is 3.50. The van der Waals surface area contributed by atoms with Crippen LogP contribution in [0, 0.1) is 0 Å². The number of hydrogen-bond donors (Lipinski definition) is 0. The van der Waals surface area contributed by atoms with E-state index in [-0.39, 0.29) is 0 Å². The second kappa shape index (κ2) is 5.51. The van der Waals surface area contributed by atoms with Crippen LogP contribution >= 0.6 is 0 Å². The van der Waals surface area contributed by atoms with Crippen molar-refractivity contribution in [2.24, 2.45) is 0 Å². The van der Waals surface area contributed by atoms with Crippen molar-refractivity contribution in [3.05, 3.63) is 0 Å². The molecule has 0 aliphatic carbocycles. The van der Waals surface area contributed by atoms with Gasteiger partial charge in [0.15, 0.2) is 0 Å². The highest BCUT2D eigenvalue weighted by molar-refractivity contribution is 4.70. The summed E-state index contributed by atoms with van der Waals surface area (Å²) in [6.07, 6.45) is 3.75. The standard InChI is InChI=1S/C9H19NO2/c1-10-5-2-4-9(8-10)12-7-3-6-11/h9,11H,2-8H2,1H3/p+1. The summed E-state index contributed by atoms with van der Waals surface area (Å²) in [5.74, 6) is 0. The molecule has 1 saturated heterocycles. The molecule has 0 aromatic carbocycles. The van der Waals surface area contributed by atoms with Crippen LogP contribution in [0.4, 0.5) is 0 Å². The fraction of sp³-hybridized carbons (Fsp3) is 1.00. The Hall–Kier alpha value is -0.120. The third kappa shape index (κ3) is 3.52. The molecule has 1 aliphatic rings. The fourth-order valence-electron chi connectivity index (χ4n) is 1.58. The molecule has 1 fully saturated rings. The molecule has 1 atom stereocenters. The van der Waals surface area contributed by atoms with E-state index < -0.39 is 0 Å². The SMILES string of the molecule is CN1CCCC(OCCC[OH2+])C1. The van der Waals surface area contributed by atoms with Crippen LogP contribution in [0.2, 0.25) is 0 Å². The highest BCUT2D eigenvalue weighted by Gasteiger charge is 2.16. The third-order valence-electron chi connectivity index (χ3n) is 2.26. The van der Waals surface area contributed by atoms with Crippen molar-refractivity contribution in [3.63, 3.8) is 0 Å². The molecule has 3 nitrogen and oxygen atoms in total. The van der Waals surface area contributed by atoms with Gasteiger partial charge in [-0.1, -0.05) is 0 Å². The molecular formula is C9H20NO2+. The zero-order valence-corrected chi connectivity index (χ0v) is 7.88. The Kier molecular flexibility index (Phi) is 4.58. The number of piperidine rings is 1. The average Bonchev–Trinajstić information content (AvgIpc) is 2.05. The number of likely N-dealkylation sites (tertiary alicyclic amines) is 1. The van der Waals surface area contributed by atoms with Crippen molar-refractivity contribution in [2.45, 2.75) is 25.4 Å². The van der Waals surface area contributed by atoms with Crippen molar-refractivity contribution in [2.75, 3.05) is 33.4 Å². The third-order valence-corrected chi connectivity index (χ3v) is 2.26. The minimum absolute atomic E-state index is 0.426. The first-order chi connectivity index (χ1) is 5.83. The number of nitrogens with zero attached hydrogens (tertiary/aromatic N) is 1. The average molecular weight is 174 g/mol. The minimum atomic E-state index is 0.426. The van der Waals surface area contributed by atoms with E-state index in [2.05, 4.69) is 11.9 Å². The van der Waals surface area contributed by atoms with E-state index in [1.165, 1.54) is 19.4 Å². The molecule has 1 aliphatic heterocycles. The van der Waals surface area contributed by atoms with Gasteiger partial charge in [0.2, 0.25) is 0 Å². The molecule has 72 valence electrons. The lowest BCUT2D eigenvalue weighted by Gasteiger charge is -2.29. The highest BCUT2D eigenvalue weighted by atomic mass is 16.5. The monoisotopic (exact) mass is 174 g/mol. The normalized spacial score (nSPS) is 26.0. The molecule has 3 heteroatoms. The maximum absolute atomic E-state index is 6.97. The molecule has 12 heavy (non-hydrogen) atoms. The van der Waals surface area contributed by atoms with Gasteiger partial charge in [-0.3, -0.25) is 0 Å². The lowest BCUT2D eigenvalue weighted by Crippen LogP contribution is -2.37. The summed E-state index contributed by atoms with van der Waals surface area (Å²) in [7, 11) is 2.14. The van der Waals surface area contributed by atoms with Gasteiger partial charge in [0.05, 0.1) is 12.7 Å². The van der Waals surface area contributed by atoms with Crippen LogP contribution in [-0.4, -0.2) is 49.5 Å². The van der Waals surface area contributed by atoms with Crippen molar-refractivity contribution in [1.82, 2.24) is 4.90 Å². The summed E-state index contributed by atoms with van der Waals surface area (Å²) in [6, 6.07) is 0. The molecule has 1 heterocycles. The molecule has 0 aromatic heterocycles. The Bertz CT molecular complexity index is 119. The summed E-state index contributed by atoms with van der Waals surface area (Å²) in [6.45, 7) is 3.53. The predicted molar refractivity (Wildman–Crippen MR) is 49.6 cm³/mol. The molecule has 0 aromatic rings. The number of likely N-dealkylation sites (N-methyl/N-ethyl adjacent to an activating group) is 1. The number of hydrogen-bond acceptors (Lipinski definition) is 2. The predicted octanol–water partition coefficient (Wildman–Crippen LogP) is 0.212. The maximum Gasteiger partial charge on any atom is 0.145 e. The lowest BCUT2D eigenvalue weighted by atomic mass is 10.1. The van der Waals surface area contributed by atoms with Gasteiger partial charge in [-0.15, -0.1) is 0 Å². The van der Waals surface area contributed by atoms with Gasteiger partial charge in [-0.2, -0.15) is 0 Å². The van der Waals surface area contributed by atoms with Gasteiger partial charge in [-0.25, -0.2) is 0 Å². The summed E-state index contributed by atoms with van der Waals surface area (Å²) >= 11 is 0. The molecule has 0 amide bonds. The van der Waals surface area contributed by atoms with E-state index >= 15 is 0 Å². The Morgan fingerprint density at radius 2 is 2.42 bits per heavy atom. The zero-order valence-electron chi connectivity index (χ0n) is 7.88. The van der Waals surface area contributed by atoms with Gasteiger partial charge in [0, 0.05) is 13.0 Å². The zero-order chi connectivity index (χ0) is 8.81. The summed E-state index contributed by atoms with van der Waals surface area (Å²) in [4.78, 5) is 2.31. The number of ether oxygens (including phenoxy) is 1. The Morgan fingerprint density at radius 3 is 3.08 bits per heavy atom. The maximum atomic E-state index is 6.97. The van der Waals surface area contributed by atoms with Crippen molar-refractivity contribution in [3.8, 4) is 0 Å². The summed E-state index contributed by atoms with van der Waals surface area (Å²) < 4.78 is 5.63. The van der Waals surface area contributed by atoms with Crippen molar-refractivity contribution < 1.29 is 9.84 Å². The van der Waals surface area contributed by atoms with Gasteiger partial charge < -0.3 is 14.7 Å². The van der Waals surface area contributed by atoms with E-state index in [1.54, 1.807) is 0 Å². The molecule has 2 N–H and O–H groups in total. The molecular weight excluding hydrogens is 154 g/mol. The van der Waals surface area contributed by atoms with Crippen LogP contribution in [0.25, 0.3) is 0 Å². The Labute approximate surface area is 74.3 Å². The van der Waals surface area contributed by atoms with Crippen LogP contribution in [0.5, 0.6) is 0 Å². The quantitative estimate of drug-likeness (QED) is 0.451. The van der Waals surface area contributed by atoms with E-state index in [9.17, 15) is 0 Å². The minimum Gasteiger partial charge on any atom is -0.445 e. The largest absolute Gasteiger partial charge is 0.445 e. The van der Waals surface area contributed by atoms with E-state index in [1.807, 2.05) is 0 Å². The van der Waals surface area contributed by atoms with E-state index in [0.29, 0.717) is 12.7 Å². The lowest BCUT2D eigenvalue weighted by molar-refractivity contribution is 0.00127. The fourth-order valence-corrected chi connectivity index (χ4v) is 1.58. The first kappa shape index (κ1) is 9.96. The van der Waals surface area contributed by atoms with Gasteiger partial charge >= 0.3 is 0 Å². The first-order valence-corrected chi connectivity index (χ1v) is 4.77. The molecule has 0 spiro atoms. The molecule has 0 radical (unpaired) electrons. The number of rotatable bonds is 4. The van der Waals surface area contributed by atoms with Crippen LogP contribution in [-0.2, 0) is 4.74 Å². The Balaban J connectivity index is 2.06. The topological polar surface area (TPSA) is 35.4 Å². The second-order valence-corrected chi connectivity index (χ2v) is 3.50. The smallest absolute Gasteiger partial charge is 0.145 e. The van der Waals surface area contributed by atoms with Crippen LogP contribution in [0.15, 0.2) is 0 Å². The van der Waals surface area contributed by atoms with Crippen LogP contribution < -0.4 is 0 Å². The molecule has 0 bridgehead atoms. The van der Waals surface area contributed by atoms with Gasteiger partial charge in [-0.05, 0) is 26.4 Å². The van der Waals surface area contributed by atoms with E-state index in [0.717, 1.165) is 19.6 Å². The van der Waals surface area contributed by atoms with E-state index in [4.69, 9.17) is 9.84 Å². The Morgan fingerprint density at radius 1 is 1.58 bits per heavy atom. The highest BCUT2D eigenvalue weighted by Crippen LogP contribution is 2.11. The van der Waals surface area contributed by atoms with Crippen LogP contribution in [0.1, 0.15) is 19.3 Å². The molecule has 1 unspecified atom stereocenters.